The lowest BCUT2D eigenvalue weighted by Crippen LogP contribution is -2.05. The van der Waals surface area contributed by atoms with Crippen molar-refractivity contribution in [2.24, 2.45) is 0 Å². The van der Waals surface area contributed by atoms with Crippen LogP contribution in [0.3, 0.4) is 0 Å². The number of ether oxygens (including phenoxy) is 2. The van der Waals surface area contributed by atoms with E-state index >= 15 is 0 Å². The maximum atomic E-state index is 13.7. The molecular formula is C11H13FO4. The van der Waals surface area contributed by atoms with E-state index in [-0.39, 0.29) is 11.3 Å². The second-order valence-electron chi connectivity index (χ2n) is 3.10. The molecule has 0 spiro atoms. The quantitative estimate of drug-likeness (QED) is 0.835. The summed E-state index contributed by atoms with van der Waals surface area (Å²) in [5.41, 5.74) is 0.0512. The zero-order chi connectivity index (χ0) is 12.1. The number of benzene rings is 1. The molecule has 0 atom stereocenters. The molecule has 0 aliphatic carbocycles. The van der Waals surface area contributed by atoms with Gasteiger partial charge in [-0.25, -0.2) is 4.39 Å². The number of carboxylic acid groups (broad SMARTS) is 1. The van der Waals surface area contributed by atoms with Crippen LogP contribution in [0.4, 0.5) is 4.39 Å². The second-order valence-corrected chi connectivity index (χ2v) is 3.10. The maximum absolute atomic E-state index is 13.7. The molecule has 0 aliphatic heterocycles. The Kier molecular flexibility index (Phi) is 4.10. The van der Waals surface area contributed by atoms with Crippen molar-refractivity contribution in [3.8, 4) is 11.5 Å². The highest BCUT2D eigenvalue weighted by atomic mass is 19.1. The number of hydrogen-bond acceptors (Lipinski definition) is 3. The topological polar surface area (TPSA) is 55.8 Å². The van der Waals surface area contributed by atoms with Crippen LogP contribution in [-0.2, 0) is 11.2 Å². The molecule has 0 unspecified atom stereocenters. The van der Waals surface area contributed by atoms with Crippen molar-refractivity contribution in [2.75, 3.05) is 13.7 Å². The first kappa shape index (κ1) is 12.3. The number of methoxy groups -OCH3 is 1. The standard InChI is InChI=1S/C11H13FO4/c1-3-16-9-6-8(15-2)4-7(11(9)12)5-10(13)14/h4,6H,3,5H2,1-2H3,(H,13,14). The lowest BCUT2D eigenvalue weighted by Gasteiger charge is -2.10. The Labute approximate surface area is 92.6 Å². The molecule has 1 rings (SSSR count). The van der Waals surface area contributed by atoms with Gasteiger partial charge in [-0.1, -0.05) is 0 Å². The third kappa shape index (κ3) is 2.85. The van der Waals surface area contributed by atoms with Gasteiger partial charge in [0.1, 0.15) is 5.75 Å². The molecule has 0 saturated heterocycles. The molecule has 0 aliphatic rings. The summed E-state index contributed by atoms with van der Waals surface area (Å²) in [6.07, 6.45) is -0.400. The van der Waals surface area contributed by atoms with Gasteiger partial charge in [0.25, 0.3) is 0 Å². The molecule has 5 heteroatoms. The molecule has 0 amide bonds. The van der Waals surface area contributed by atoms with Gasteiger partial charge >= 0.3 is 5.97 Å². The van der Waals surface area contributed by atoms with Crippen LogP contribution in [0.15, 0.2) is 12.1 Å². The Bertz CT molecular complexity index is 390. The first-order valence-electron chi connectivity index (χ1n) is 4.79. The summed E-state index contributed by atoms with van der Waals surface area (Å²) in [6.45, 7) is 2.02. The first-order valence-corrected chi connectivity index (χ1v) is 4.79. The van der Waals surface area contributed by atoms with Crippen LogP contribution in [0.2, 0.25) is 0 Å². The van der Waals surface area contributed by atoms with Gasteiger partial charge < -0.3 is 14.6 Å². The highest BCUT2D eigenvalue weighted by Crippen LogP contribution is 2.27. The van der Waals surface area contributed by atoms with E-state index in [0.717, 1.165) is 0 Å². The van der Waals surface area contributed by atoms with Crippen molar-refractivity contribution in [2.45, 2.75) is 13.3 Å². The van der Waals surface area contributed by atoms with Gasteiger partial charge in [0.15, 0.2) is 11.6 Å². The fraction of sp³-hybridized carbons (Fsp3) is 0.364. The molecule has 0 bridgehead atoms. The predicted molar refractivity (Wildman–Crippen MR) is 55.5 cm³/mol. The van der Waals surface area contributed by atoms with Crippen LogP contribution >= 0.6 is 0 Å². The summed E-state index contributed by atoms with van der Waals surface area (Å²) in [5.74, 6) is -1.36. The summed E-state index contributed by atoms with van der Waals surface area (Å²) in [5, 5.41) is 8.63. The Hall–Kier alpha value is -1.78. The number of aliphatic carboxylic acids is 1. The van der Waals surface area contributed by atoms with E-state index in [4.69, 9.17) is 14.6 Å². The molecule has 1 N–H and O–H groups in total. The van der Waals surface area contributed by atoms with E-state index in [1.54, 1.807) is 6.92 Å². The zero-order valence-electron chi connectivity index (χ0n) is 9.12. The molecule has 0 radical (unpaired) electrons. The van der Waals surface area contributed by atoms with Gasteiger partial charge in [0, 0.05) is 11.6 Å². The SMILES string of the molecule is CCOc1cc(OC)cc(CC(=O)O)c1F. The summed E-state index contributed by atoms with van der Waals surface area (Å²) >= 11 is 0. The second kappa shape index (κ2) is 5.34. The van der Waals surface area contributed by atoms with Crippen molar-refractivity contribution < 1.29 is 23.8 Å². The van der Waals surface area contributed by atoms with Gasteiger partial charge in [0.05, 0.1) is 20.1 Å². The smallest absolute Gasteiger partial charge is 0.307 e. The number of carbonyl (C=O) groups is 1. The highest BCUT2D eigenvalue weighted by Gasteiger charge is 2.14. The third-order valence-electron chi connectivity index (χ3n) is 1.97. The average Bonchev–Trinajstić information content (AvgIpc) is 2.23. The van der Waals surface area contributed by atoms with Gasteiger partial charge in [-0.05, 0) is 13.0 Å². The molecule has 0 aromatic heterocycles. The Morgan fingerprint density at radius 1 is 1.50 bits per heavy atom. The lowest BCUT2D eigenvalue weighted by atomic mass is 10.1. The molecule has 0 fully saturated rings. The van der Waals surface area contributed by atoms with Crippen molar-refractivity contribution >= 4 is 5.97 Å². The minimum absolute atomic E-state index is 0.0121. The highest BCUT2D eigenvalue weighted by molar-refractivity contribution is 5.70. The van der Waals surface area contributed by atoms with E-state index < -0.39 is 18.2 Å². The van der Waals surface area contributed by atoms with Crippen LogP contribution in [0.5, 0.6) is 11.5 Å². The Morgan fingerprint density at radius 2 is 2.19 bits per heavy atom. The fourth-order valence-corrected chi connectivity index (χ4v) is 1.30. The van der Waals surface area contributed by atoms with E-state index in [2.05, 4.69) is 0 Å². The van der Waals surface area contributed by atoms with E-state index in [1.807, 2.05) is 0 Å². The normalized spacial score (nSPS) is 9.94. The van der Waals surface area contributed by atoms with E-state index in [1.165, 1.54) is 19.2 Å². The summed E-state index contributed by atoms with van der Waals surface area (Å²) in [7, 11) is 1.42. The molecule has 0 heterocycles. The Balaban J connectivity index is 3.14. The van der Waals surface area contributed by atoms with Gasteiger partial charge in [-0.3, -0.25) is 4.79 Å². The van der Waals surface area contributed by atoms with Gasteiger partial charge in [-0.15, -0.1) is 0 Å². The van der Waals surface area contributed by atoms with Crippen LogP contribution in [-0.4, -0.2) is 24.8 Å². The largest absolute Gasteiger partial charge is 0.497 e. The summed E-state index contributed by atoms with van der Waals surface area (Å²) in [4.78, 5) is 10.5. The predicted octanol–water partition coefficient (Wildman–Crippen LogP) is 1.86. The molecular weight excluding hydrogens is 215 g/mol. The summed E-state index contributed by atoms with van der Waals surface area (Å²) in [6, 6.07) is 2.75. The summed E-state index contributed by atoms with van der Waals surface area (Å²) < 4.78 is 23.7. The maximum Gasteiger partial charge on any atom is 0.307 e. The number of hydrogen-bond donors (Lipinski definition) is 1. The number of rotatable bonds is 5. The van der Waals surface area contributed by atoms with Crippen molar-refractivity contribution in [3.63, 3.8) is 0 Å². The Morgan fingerprint density at radius 3 is 2.69 bits per heavy atom. The van der Waals surface area contributed by atoms with Crippen LogP contribution < -0.4 is 9.47 Å². The van der Waals surface area contributed by atoms with E-state index in [9.17, 15) is 9.18 Å². The molecule has 1 aromatic rings. The molecule has 16 heavy (non-hydrogen) atoms. The fourth-order valence-electron chi connectivity index (χ4n) is 1.30. The minimum atomic E-state index is -1.10. The molecule has 88 valence electrons. The van der Waals surface area contributed by atoms with Crippen molar-refractivity contribution in [1.29, 1.82) is 0 Å². The molecule has 0 saturated carbocycles. The molecule has 4 nitrogen and oxygen atoms in total. The zero-order valence-corrected chi connectivity index (χ0v) is 9.12. The third-order valence-corrected chi connectivity index (χ3v) is 1.97. The van der Waals surface area contributed by atoms with Crippen LogP contribution in [0.1, 0.15) is 12.5 Å². The van der Waals surface area contributed by atoms with Crippen molar-refractivity contribution in [1.82, 2.24) is 0 Å². The van der Waals surface area contributed by atoms with E-state index in [0.29, 0.717) is 12.4 Å². The lowest BCUT2D eigenvalue weighted by molar-refractivity contribution is -0.136. The molecule has 1 aromatic carbocycles. The minimum Gasteiger partial charge on any atom is -0.497 e. The van der Waals surface area contributed by atoms with Gasteiger partial charge in [-0.2, -0.15) is 0 Å². The number of halogens is 1. The van der Waals surface area contributed by atoms with Gasteiger partial charge in [0.2, 0.25) is 0 Å². The monoisotopic (exact) mass is 228 g/mol. The average molecular weight is 228 g/mol. The van der Waals surface area contributed by atoms with Crippen LogP contribution in [0.25, 0.3) is 0 Å². The first-order chi connectivity index (χ1) is 7.58. The van der Waals surface area contributed by atoms with Crippen molar-refractivity contribution in [3.05, 3.63) is 23.5 Å². The number of carboxylic acids is 1. The van der Waals surface area contributed by atoms with Crippen LogP contribution in [0, 0.1) is 5.82 Å².